The maximum absolute atomic E-state index is 12.2. The molecule has 1 saturated heterocycles. The van der Waals surface area contributed by atoms with E-state index in [0.29, 0.717) is 12.4 Å². The van der Waals surface area contributed by atoms with Gasteiger partial charge in [0.15, 0.2) is 0 Å². The van der Waals surface area contributed by atoms with E-state index in [9.17, 15) is 19.5 Å². The normalized spacial score (nSPS) is 17.3. The van der Waals surface area contributed by atoms with Crippen LogP contribution in [0.15, 0.2) is 34.0 Å². The summed E-state index contributed by atoms with van der Waals surface area (Å²) in [7, 11) is 0. The number of H-pyrrole nitrogens is 2. The van der Waals surface area contributed by atoms with Crippen molar-refractivity contribution in [2.45, 2.75) is 25.5 Å². The first-order chi connectivity index (χ1) is 12.0. The van der Waals surface area contributed by atoms with Crippen LogP contribution in [0.5, 0.6) is 0 Å². The van der Waals surface area contributed by atoms with Gasteiger partial charge in [0.2, 0.25) is 0 Å². The second-order valence-corrected chi connectivity index (χ2v) is 5.91. The number of anilines is 1. The molecule has 0 saturated carbocycles. The first-order valence-corrected chi connectivity index (χ1v) is 8.01. The third-order valence-corrected chi connectivity index (χ3v) is 4.01. The van der Waals surface area contributed by atoms with Gasteiger partial charge >= 0.3 is 5.69 Å². The molecule has 1 amide bonds. The molecule has 0 aliphatic carbocycles. The summed E-state index contributed by atoms with van der Waals surface area (Å²) in [6.45, 7) is 1.47. The number of rotatable bonds is 4. The van der Waals surface area contributed by atoms with Gasteiger partial charge in [0.25, 0.3) is 11.5 Å². The molecule has 132 valence electrons. The molecule has 0 spiro atoms. The molecule has 0 bridgehead atoms. The number of piperidine rings is 1. The Labute approximate surface area is 142 Å². The first-order valence-electron chi connectivity index (χ1n) is 8.01. The zero-order chi connectivity index (χ0) is 17.8. The molecule has 1 atom stereocenters. The van der Waals surface area contributed by atoms with Crippen LogP contribution in [0.4, 0.5) is 5.82 Å². The van der Waals surface area contributed by atoms with E-state index in [-0.39, 0.29) is 18.3 Å². The SMILES string of the molecule is O=C(NCc1cccnc1N1CCCC(O)C1)c1cc(=O)[nH]c(=O)[nH]1. The third kappa shape index (κ3) is 4.13. The van der Waals surface area contributed by atoms with E-state index >= 15 is 0 Å². The molecule has 9 nitrogen and oxygen atoms in total. The maximum Gasteiger partial charge on any atom is 0.326 e. The van der Waals surface area contributed by atoms with Gasteiger partial charge in [-0.05, 0) is 18.9 Å². The number of aromatic amines is 2. The van der Waals surface area contributed by atoms with E-state index in [2.05, 4.69) is 15.3 Å². The molecular formula is C16H19N5O4. The van der Waals surface area contributed by atoms with E-state index in [1.54, 1.807) is 12.3 Å². The molecule has 4 N–H and O–H groups in total. The predicted octanol–water partition coefficient (Wildman–Crippen LogP) is -0.651. The highest BCUT2D eigenvalue weighted by Crippen LogP contribution is 2.21. The van der Waals surface area contributed by atoms with Crippen molar-refractivity contribution in [1.82, 2.24) is 20.3 Å². The minimum atomic E-state index is -0.734. The van der Waals surface area contributed by atoms with Crippen LogP contribution in [-0.4, -0.2) is 45.2 Å². The van der Waals surface area contributed by atoms with E-state index < -0.39 is 17.2 Å². The lowest BCUT2D eigenvalue weighted by atomic mass is 10.1. The summed E-state index contributed by atoms with van der Waals surface area (Å²) in [5.41, 5.74) is -0.690. The monoisotopic (exact) mass is 345 g/mol. The van der Waals surface area contributed by atoms with Crippen molar-refractivity contribution >= 4 is 11.7 Å². The third-order valence-electron chi connectivity index (χ3n) is 4.01. The minimum Gasteiger partial charge on any atom is -0.391 e. The Hall–Kier alpha value is -2.94. The van der Waals surface area contributed by atoms with Gasteiger partial charge in [0.1, 0.15) is 11.5 Å². The van der Waals surface area contributed by atoms with Crippen molar-refractivity contribution in [2.24, 2.45) is 0 Å². The number of hydrogen-bond acceptors (Lipinski definition) is 6. The molecule has 25 heavy (non-hydrogen) atoms. The number of pyridine rings is 1. The first kappa shape index (κ1) is 16.9. The molecule has 1 fully saturated rings. The second-order valence-electron chi connectivity index (χ2n) is 5.91. The van der Waals surface area contributed by atoms with E-state index in [1.807, 2.05) is 16.0 Å². The van der Waals surface area contributed by atoms with Crippen LogP contribution >= 0.6 is 0 Å². The van der Waals surface area contributed by atoms with Crippen LogP contribution < -0.4 is 21.5 Å². The number of nitrogens with zero attached hydrogens (tertiary/aromatic N) is 2. The summed E-state index contributed by atoms with van der Waals surface area (Å²) in [5, 5.41) is 12.5. The molecule has 0 radical (unpaired) electrons. The van der Waals surface area contributed by atoms with Gasteiger partial charge in [-0.2, -0.15) is 0 Å². The average molecular weight is 345 g/mol. The van der Waals surface area contributed by atoms with Crippen LogP contribution in [0.2, 0.25) is 0 Å². The zero-order valence-corrected chi connectivity index (χ0v) is 13.5. The second kappa shape index (κ2) is 7.31. The van der Waals surface area contributed by atoms with Gasteiger partial charge in [-0.3, -0.25) is 14.6 Å². The largest absolute Gasteiger partial charge is 0.391 e. The van der Waals surface area contributed by atoms with Gasteiger partial charge < -0.3 is 20.3 Å². The molecule has 3 rings (SSSR count). The van der Waals surface area contributed by atoms with Crippen LogP contribution in [0.25, 0.3) is 0 Å². The lowest BCUT2D eigenvalue weighted by Gasteiger charge is -2.32. The number of aliphatic hydroxyl groups excluding tert-OH is 1. The molecule has 1 aliphatic heterocycles. The summed E-state index contributed by atoms with van der Waals surface area (Å²) in [5.74, 6) is 0.151. The number of β-amino-alcohol motifs (C(OH)–C–C–N with tert-alkyl or cyclic N) is 1. The Balaban J connectivity index is 1.74. The lowest BCUT2D eigenvalue weighted by molar-refractivity contribution is 0.0945. The molecular weight excluding hydrogens is 326 g/mol. The van der Waals surface area contributed by atoms with Crippen LogP contribution in [0.3, 0.4) is 0 Å². The van der Waals surface area contributed by atoms with Crippen molar-refractivity contribution < 1.29 is 9.90 Å². The Morgan fingerprint density at radius 3 is 3.00 bits per heavy atom. The molecule has 2 aromatic rings. The summed E-state index contributed by atoms with van der Waals surface area (Å²) in [6, 6.07) is 4.63. The number of carbonyl (C=O) groups is 1. The molecule has 0 aromatic carbocycles. The van der Waals surface area contributed by atoms with E-state index in [0.717, 1.165) is 31.0 Å². The molecule has 1 unspecified atom stereocenters. The van der Waals surface area contributed by atoms with Crippen molar-refractivity contribution in [3.8, 4) is 0 Å². The fourth-order valence-corrected chi connectivity index (χ4v) is 2.86. The number of hydrogen-bond donors (Lipinski definition) is 4. The van der Waals surface area contributed by atoms with Crippen molar-refractivity contribution in [3.05, 3.63) is 56.5 Å². The number of aliphatic hydroxyl groups is 1. The number of nitrogens with one attached hydrogen (secondary N) is 3. The molecule has 9 heteroatoms. The molecule has 2 aromatic heterocycles. The molecule has 1 aliphatic rings. The van der Waals surface area contributed by atoms with Gasteiger partial charge in [-0.15, -0.1) is 0 Å². The summed E-state index contributed by atoms with van der Waals surface area (Å²) < 4.78 is 0. The fraction of sp³-hybridized carbons (Fsp3) is 0.375. The van der Waals surface area contributed by atoms with Crippen LogP contribution in [0.1, 0.15) is 28.9 Å². The number of carbonyl (C=O) groups excluding carboxylic acids is 1. The Morgan fingerprint density at radius 1 is 1.40 bits per heavy atom. The van der Waals surface area contributed by atoms with Crippen molar-refractivity contribution in [2.75, 3.05) is 18.0 Å². The highest BCUT2D eigenvalue weighted by atomic mass is 16.3. The van der Waals surface area contributed by atoms with Crippen LogP contribution in [0, 0.1) is 0 Å². The van der Waals surface area contributed by atoms with Crippen LogP contribution in [-0.2, 0) is 6.54 Å². The highest BCUT2D eigenvalue weighted by Gasteiger charge is 2.21. The van der Waals surface area contributed by atoms with Gasteiger partial charge in [0.05, 0.1) is 6.10 Å². The lowest BCUT2D eigenvalue weighted by Crippen LogP contribution is -2.39. The Morgan fingerprint density at radius 2 is 2.24 bits per heavy atom. The summed E-state index contributed by atoms with van der Waals surface area (Å²) in [6.07, 6.45) is 2.91. The maximum atomic E-state index is 12.2. The van der Waals surface area contributed by atoms with Gasteiger partial charge in [-0.25, -0.2) is 9.78 Å². The van der Waals surface area contributed by atoms with Gasteiger partial charge in [-0.1, -0.05) is 6.07 Å². The summed E-state index contributed by atoms with van der Waals surface area (Å²) in [4.78, 5) is 45.3. The minimum absolute atomic E-state index is 0.104. The number of amides is 1. The average Bonchev–Trinajstić information content (AvgIpc) is 2.59. The van der Waals surface area contributed by atoms with Crippen molar-refractivity contribution in [1.29, 1.82) is 0 Å². The topological polar surface area (TPSA) is 131 Å². The van der Waals surface area contributed by atoms with E-state index in [4.69, 9.17) is 0 Å². The van der Waals surface area contributed by atoms with E-state index in [1.165, 1.54) is 0 Å². The quantitative estimate of drug-likeness (QED) is 0.582. The smallest absolute Gasteiger partial charge is 0.326 e. The Kier molecular flexibility index (Phi) is 4.94. The zero-order valence-electron chi connectivity index (χ0n) is 13.5. The van der Waals surface area contributed by atoms with Gasteiger partial charge in [0, 0.05) is 37.5 Å². The number of aromatic nitrogens is 3. The van der Waals surface area contributed by atoms with Crippen molar-refractivity contribution in [3.63, 3.8) is 0 Å². The predicted molar refractivity (Wildman–Crippen MR) is 90.5 cm³/mol. The molecule has 3 heterocycles. The Bertz CT molecular complexity index is 847. The highest BCUT2D eigenvalue weighted by molar-refractivity contribution is 5.92. The standard InChI is InChI=1S/C16H19N5O4/c22-11-4-2-6-21(9-11)14-10(3-1-5-17-14)8-18-15(24)12-7-13(23)20-16(25)19-12/h1,3,5,7,11,22H,2,4,6,8-9H2,(H,18,24)(H2,19,20,23,25). The summed E-state index contributed by atoms with van der Waals surface area (Å²) >= 11 is 0. The fourth-order valence-electron chi connectivity index (χ4n) is 2.86.